The van der Waals surface area contributed by atoms with Gasteiger partial charge in [-0.25, -0.2) is 4.79 Å². The molecule has 0 saturated heterocycles. The molecule has 17 heavy (non-hydrogen) atoms. The highest BCUT2D eigenvalue weighted by molar-refractivity contribution is 5.88. The van der Waals surface area contributed by atoms with Crippen LogP contribution in [0.1, 0.15) is 21.6 Å². The lowest BCUT2D eigenvalue weighted by Gasteiger charge is -2.02. The molecule has 0 bridgehead atoms. The Hall–Kier alpha value is -2.03. The smallest absolute Gasteiger partial charge is 0.352 e. The van der Waals surface area contributed by atoms with Crippen LogP contribution < -0.4 is 0 Å². The van der Waals surface area contributed by atoms with Crippen molar-refractivity contribution < 1.29 is 9.90 Å². The molecule has 2 rings (SSSR count). The van der Waals surface area contributed by atoms with Crippen molar-refractivity contribution in [3.05, 3.63) is 47.3 Å². The van der Waals surface area contributed by atoms with Crippen molar-refractivity contribution in [2.75, 3.05) is 0 Å². The molecule has 0 atom stereocenters. The van der Waals surface area contributed by atoms with Crippen LogP contribution in [0.15, 0.2) is 30.5 Å². The molecule has 0 aliphatic heterocycles. The molecule has 0 spiro atoms. The highest BCUT2D eigenvalue weighted by Crippen LogP contribution is 2.24. The number of hydrogen-bond acceptors (Lipinski definition) is 1. The zero-order valence-electron chi connectivity index (χ0n) is 10.2. The summed E-state index contributed by atoms with van der Waals surface area (Å²) < 4.78 is 1.63. The average molecular weight is 229 g/mol. The Balaban J connectivity index is 2.53. The van der Waals surface area contributed by atoms with Crippen LogP contribution in [0.5, 0.6) is 0 Å². The molecular weight excluding hydrogens is 214 g/mol. The van der Waals surface area contributed by atoms with Gasteiger partial charge in [0, 0.05) is 18.8 Å². The first-order valence-corrected chi connectivity index (χ1v) is 5.45. The Kier molecular flexibility index (Phi) is 2.76. The fraction of sp³-hybridized carbons (Fsp3) is 0.214. The van der Waals surface area contributed by atoms with Crippen LogP contribution in [-0.4, -0.2) is 15.6 Å². The SMILES string of the molecule is Cc1cc(C)cc(-c2cc(C(=O)O)n(C)c2)c1. The highest BCUT2D eigenvalue weighted by atomic mass is 16.4. The summed E-state index contributed by atoms with van der Waals surface area (Å²) in [5.74, 6) is -0.900. The predicted molar refractivity (Wildman–Crippen MR) is 67.3 cm³/mol. The standard InChI is InChI=1S/C14H15NO2/c1-9-4-10(2)6-11(5-9)12-7-13(14(16)17)15(3)8-12/h4-8H,1-3H3,(H,16,17). The lowest BCUT2D eigenvalue weighted by atomic mass is 10.0. The maximum absolute atomic E-state index is 11.0. The third-order valence-corrected chi connectivity index (χ3v) is 2.78. The Morgan fingerprint density at radius 1 is 1.06 bits per heavy atom. The van der Waals surface area contributed by atoms with Crippen molar-refractivity contribution >= 4 is 5.97 Å². The van der Waals surface area contributed by atoms with Gasteiger partial charge in [0.1, 0.15) is 5.69 Å². The minimum atomic E-state index is -0.900. The fourth-order valence-corrected chi connectivity index (χ4v) is 2.08. The van der Waals surface area contributed by atoms with Gasteiger partial charge >= 0.3 is 5.97 Å². The quantitative estimate of drug-likeness (QED) is 0.860. The van der Waals surface area contributed by atoms with Gasteiger partial charge in [-0.15, -0.1) is 0 Å². The number of carbonyl (C=O) groups is 1. The summed E-state index contributed by atoms with van der Waals surface area (Å²) in [6.45, 7) is 4.08. The summed E-state index contributed by atoms with van der Waals surface area (Å²) in [7, 11) is 1.75. The van der Waals surface area contributed by atoms with Gasteiger partial charge in [-0.2, -0.15) is 0 Å². The van der Waals surface area contributed by atoms with Crippen molar-refractivity contribution in [1.29, 1.82) is 0 Å². The third-order valence-electron chi connectivity index (χ3n) is 2.78. The second kappa shape index (κ2) is 4.09. The van der Waals surface area contributed by atoms with E-state index in [1.54, 1.807) is 17.7 Å². The van der Waals surface area contributed by atoms with Crippen molar-refractivity contribution in [2.24, 2.45) is 7.05 Å². The molecule has 88 valence electrons. The molecule has 0 amide bonds. The summed E-state index contributed by atoms with van der Waals surface area (Å²) >= 11 is 0. The second-order valence-corrected chi connectivity index (χ2v) is 4.41. The predicted octanol–water partition coefficient (Wildman–Crippen LogP) is 3.01. The molecule has 2 aromatic rings. The zero-order valence-corrected chi connectivity index (χ0v) is 10.2. The van der Waals surface area contributed by atoms with Gasteiger partial charge in [0.2, 0.25) is 0 Å². The van der Waals surface area contributed by atoms with E-state index < -0.39 is 5.97 Å². The molecule has 0 unspecified atom stereocenters. The number of carboxylic acid groups (broad SMARTS) is 1. The number of hydrogen-bond donors (Lipinski definition) is 1. The van der Waals surface area contributed by atoms with Crippen molar-refractivity contribution in [1.82, 2.24) is 4.57 Å². The molecule has 0 fully saturated rings. The van der Waals surface area contributed by atoms with E-state index in [0.29, 0.717) is 5.69 Å². The van der Waals surface area contributed by atoms with E-state index in [-0.39, 0.29) is 0 Å². The number of aromatic carboxylic acids is 1. The maximum atomic E-state index is 11.0. The zero-order chi connectivity index (χ0) is 12.6. The van der Waals surface area contributed by atoms with Crippen LogP contribution in [0.4, 0.5) is 0 Å². The Morgan fingerprint density at radius 3 is 2.12 bits per heavy atom. The maximum Gasteiger partial charge on any atom is 0.352 e. The monoisotopic (exact) mass is 229 g/mol. The number of carboxylic acids is 1. The van der Waals surface area contributed by atoms with Crippen molar-refractivity contribution in [3.8, 4) is 11.1 Å². The number of benzene rings is 1. The van der Waals surface area contributed by atoms with Crippen LogP contribution >= 0.6 is 0 Å². The van der Waals surface area contributed by atoms with Gasteiger partial charge < -0.3 is 9.67 Å². The topological polar surface area (TPSA) is 42.2 Å². The lowest BCUT2D eigenvalue weighted by Crippen LogP contribution is -2.02. The van der Waals surface area contributed by atoms with Crippen LogP contribution in [0.2, 0.25) is 0 Å². The summed E-state index contributed by atoms with van der Waals surface area (Å²) in [6, 6.07) is 7.93. The molecule has 0 saturated carbocycles. The van der Waals surface area contributed by atoms with Gasteiger partial charge in [-0.1, -0.05) is 29.3 Å². The largest absolute Gasteiger partial charge is 0.477 e. The summed E-state index contributed by atoms with van der Waals surface area (Å²) in [6.07, 6.45) is 1.84. The minimum absolute atomic E-state index is 0.305. The van der Waals surface area contributed by atoms with Crippen LogP contribution in [-0.2, 0) is 7.05 Å². The van der Waals surface area contributed by atoms with E-state index >= 15 is 0 Å². The molecule has 3 heteroatoms. The van der Waals surface area contributed by atoms with Gasteiger partial charge in [-0.3, -0.25) is 0 Å². The normalized spacial score (nSPS) is 10.5. The van der Waals surface area contributed by atoms with E-state index in [9.17, 15) is 4.79 Å². The van der Waals surface area contributed by atoms with Crippen molar-refractivity contribution in [2.45, 2.75) is 13.8 Å². The molecule has 1 aromatic carbocycles. The molecule has 1 heterocycles. The molecule has 3 nitrogen and oxygen atoms in total. The van der Waals surface area contributed by atoms with Gasteiger partial charge in [0.15, 0.2) is 0 Å². The van der Waals surface area contributed by atoms with E-state index in [2.05, 4.69) is 18.2 Å². The number of rotatable bonds is 2. The molecule has 1 N–H and O–H groups in total. The lowest BCUT2D eigenvalue weighted by molar-refractivity contribution is 0.0686. The van der Waals surface area contributed by atoms with Gasteiger partial charge in [-0.05, 0) is 25.5 Å². The van der Waals surface area contributed by atoms with Crippen LogP contribution in [0.3, 0.4) is 0 Å². The Morgan fingerprint density at radius 2 is 1.65 bits per heavy atom. The van der Waals surface area contributed by atoms with Crippen molar-refractivity contribution in [3.63, 3.8) is 0 Å². The number of aromatic nitrogens is 1. The first-order valence-electron chi connectivity index (χ1n) is 5.45. The van der Waals surface area contributed by atoms with Crippen LogP contribution in [0, 0.1) is 13.8 Å². The molecule has 0 aliphatic carbocycles. The fourth-order valence-electron chi connectivity index (χ4n) is 2.08. The molecule has 1 aromatic heterocycles. The van der Waals surface area contributed by atoms with E-state index in [1.165, 1.54) is 11.1 Å². The summed E-state index contributed by atoms with van der Waals surface area (Å²) in [5.41, 5.74) is 4.67. The highest BCUT2D eigenvalue weighted by Gasteiger charge is 2.11. The van der Waals surface area contributed by atoms with Gasteiger partial charge in [0.05, 0.1) is 0 Å². The number of nitrogens with zero attached hydrogens (tertiary/aromatic N) is 1. The Bertz CT molecular complexity index is 562. The molecule has 0 radical (unpaired) electrons. The first kappa shape index (κ1) is 11.5. The number of aryl methyl sites for hydroxylation is 3. The van der Waals surface area contributed by atoms with E-state index in [0.717, 1.165) is 11.1 Å². The third kappa shape index (κ3) is 2.23. The van der Waals surface area contributed by atoms with E-state index in [4.69, 9.17) is 5.11 Å². The average Bonchev–Trinajstić information content (AvgIpc) is 2.59. The van der Waals surface area contributed by atoms with E-state index in [1.807, 2.05) is 20.0 Å². The van der Waals surface area contributed by atoms with Gasteiger partial charge in [0.25, 0.3) is 0 Å². The second-order valence-electron chi connectivity index (χ2n) is 4.41. The summed E-state index contributed by atoms with van der Waals surface area (Å²) in [4.78, 5) is 11.0. The van der Waals surface area contributed by atoms with Crippen LogP contribution in [0.25, 0.3) is 11.1 Å². The Labute approximate surface area is 100 Å². The first-order chi connectivity index (χ1) is 7.97. The molecular formula is C14H15NO2. The molecule has 0 aliphatic rings. The minimum Gasteiger partial charge on any atom is -0.477 e. The summed E-state index contributed by atoms with van der Waals surface area (Å²) in [5, 5.41) is 9.01.